The maximum absolute atomic E-state index is 13.6. The quantitative estimate of drug-likeness (QED) is 0.216. The average Bonchev–Trinajstić information content (AvgIpc) is 2.92. The lowest BCUT2D eigenvalue weighted by atomic mass is 9.90. The molecule has 206 valence electrons. The third-order valence-corrected chi connectivity index (χ3v) is 7.18. The van der Waals surface area contributed by atoms with Gasteiger partial charge in [-0.15, -0.1) is 0 Å². The molecule has 4 N–H and O–H groups in total. The zero-order chi connectivity index (χ0) is 28.7. The summed E-state index contributed by atoms with van der Waals surface area (Å²) < 4.78 is 0. The van der Waals surface area contributed by atoms with Crippen LogP contribution in [0.15, 0.2) is 42.5 Å². The number of carbonyl (C=O) groups excluding carboxylic acids is 2. The summed E-state index contributed by atoms with van der Waals surface area (Å²) in [4.78, 5) is 51.4. The molecule has 0 aliphatic heterocycles. The normalized spacial score (nSPS) is 11.7. The molecule has 8 nitrogen and oxygen atoms in total. The van der Waals surface area contributed by atoms with Crippen LogP contribution in [0.5, 0.6) is 0 Å². The topological polar surface area (TPSA) is 133 Å². The summed E-state index contributed by atoms with van der Waals surface area (Å²) in [7, 11) is 0. The van der Waals surface area contributed by atoms with Crippen molar-refractivity contribution in [1.29, 1.82) is 0 Å². The monoisotopic (exact) mass is 532 g/mol. The number of carboxylic acids is 2. The van der Waals surface area contributed by atoms with Gasteiger partial charge in [-0.2, -0.15) is 0 Å². The van der Waals surface area contributed by atoms with Gasteiger partial charge in [0, 0.05) is 34.1 Å². The highest BCUT2D eigenvalue weighted by Gasteiger charge is 2.26. The van der Waals surface area contributed by atoms with Gasteiger partial charge in [-0.25, -0.2) is 9.59 Å². The predicted molar refractivity (Wildman–Crippen MR) is 152 cm³/mol. The molecule has 0 saturated heterocycles. The third kappa shape index (κ3) is 6.45. The smallest absolute Gasteiger partial charge is 0.336 e. The number of aromatic carboxylic acids is 2. The number of hydrogen-bond donors (Lipinski definition) is 4. The van der Waals surface area contributed by atoms with Crippen molar-refractivity contribution in [2.45, 2.75) is 59.8 Å². The van der Waals surface area contributed by atoms with Gasteiger partial charge in [-0.1, -0.05) is 58.2 Å². The number of para-hydroxylation sites is 1. The highest BCUT2D eigenvalue weighted by molar-refractivity contribution is 6.24. The number of anilines is 1. The van der Waals surface area contributed by atoms with E-state index in [1.807, 2.05) is 32.0 Å². The van der Waals surface area contributed by atoms with Crippen LogP contribution >= 0.6 is 0 Å². The van der Waals surface area contributed by atoms with Crippen LogP contribution < -0.4 is 10.6 Å². The van der Waals surface area contributed by atoms with Gasteiger partial charge in [0.15, 0.2) is 0 Å². The van der Waals surface area contributed by atoms with Crippen molar-refractivity contribution < 1.29 is 29.4 Å². The summed E-state index contributed by atoms with van der Waals surface area (Å²) in [5.74, 6) is -3.50. The zero-order valence-electron chi connectivity index (χ0n) is 22.9. The number of rotatable bonds is 12. The molecular formula is C31H36N2O6. The maximum Gasteiger partial charge on any atom is 0.336 e. The van der Waals surface area contributed by atoms with E-state index in [1.165, 1.54) is 18.2 Å². The summed E-state index contributed by atoms with van der Waals surface area (Å²) in [6.07, 6.45) is 4.57. The Labute approximate surface area is 228 Å². The minimum Gasteiger partial charge on any atom is -0.478 e. The van der Waals surface area contributed by atoms with Crippen LogP contribution in [0.3, 0.4) is 0 Å². The highest BCUT2D eigenvalue weighted by atomic mass is 16.4. The number of aryl methyl sites for hydroxylation is 2. The molecule has 0 aromatic heterocycles. The molecule has 3 rings (SSSR count). The molecule has 0 aliphatic carbocycles. The van der Waals surface area contributed by atoms with E-state index in [0.29, 0.717) is 18.7 Å². The van der Waals surface area contributed by atoms with Crippen molar-refractivity contribution in [3.63, 3.8) is 0 Å². The number of unbranched alkanes of at least 4 members (excludes halogenated alkanes) is 1. The summed E-state index contributed by atoms with van der Waals surface area (Å²) in [6, 6.07) is 10.8. The van der Waals surface area contributed by atoms with Gasteiger partial charge in [0.25, 0.3) is 11.8 Å². The Morgan fingerprint density at radius 3 is 1.87 bits per heavy atom. The SMILES string of the molecule is CCCCC(CC)CNC(=O)c1ccc(C(=O)Nc2c(C)cccc2CC)c2c(C(=O)O)ccc(C(=O)O)c12. The fourth-order valence-electron chi connectivity index (χ4n) is 4.89. The standard InChI is InChI=1S/C31H36N2O6/c1-5-8-11-19(6-2)17-32-28(34)21-13-14-22(29(35)33-27-18(4)10-9-12-20(27)7-3)26-24(31(38)39)16-15-23(25(21)26)30(36)37/h9-10,12-16,19H,5-8,11,17H2,1-4H3,(H,32,34)(H,33,35)(H,36,37)(H,38,39). The Morgan fingerprint density at radius 2 is 1.36 bits per heavy atom. The number of carboxylic acid groups (broad SMARTS) is 2. The van der Waals surface area contributed by atoms with Gasteiger partial charge in [0.1, 0.15) is 0 Å². The molecule has 3 aromatic carbocycles. The Hall–Kier alpha value is -4.20. The minimum atomic E-state index is -1.33. The molecule has 0 aliphatic rings. The van der Waals surface area contributed by atoms with E-state index >= 15 is 0 Å². The summed E-state index contributed by atoms with van der Waals surface area (Å²) in [5, 5.41) is 25.6. The minimum absolute atomic E-state index is 0.0116. The van der Waals surface area contributed by atoms with E-state index in [9.17, 15) is 29.4 Å². The largest absolute Gasteiger partial charge is 0.478 e. The molecule has 0 spiro atoms. The van der Waals surface area contributed by atoms with Gasteiger partial charge >= 0.3 is 11.9 Å². The second-order valence-corrected chi connectivity index (χ2v) is 9.72. The summed E-state index contributed by atoms with van der Waals surface area (Å²) >= 11 is 0. The number of benzene rings is 3. The highest BCUT2D eigenvalue weighted by Crippen LogP contribution is 2.32. The van der Waals surface area contributed by atoms with Gasteiger partial charge in [-0.05, 0) is 61.1 Å². The first kappa shape index (κ1) is 29.4. The third-order valence-electron chi connectivity index (χ3n) is 7.18. The molecule has 2 amide bonds. The van der Waals surface area contributed by atoms with Crippen LogP contribution in [-0.2, 0) is 6.42 Å². The van der Waals surface area contributed by atoms with E-state index in [-0.39, 0.29) is 38.9 Å². The number of hydrogen-bond acceptors (Lipinski definition) is 4. The molecule has 0 heterocycles. The van der Waals surface area contributed by atoms with Crippen molar-refractivity contribution in [3.05, 3.63) is 75.8 Å². The molecule has 39 heavy (non-hydrogen) atoms. The number of fused-ring (bicyclic) bond motifs is 1. The number of amides is 2. The average molecular weight is 533 g/mol. The van der Waals surface area contributed by atoms with Crippen molar-refractivity contribution in [3.8, 4) is 0 Å². The van der Waals surface area contributed by atoms with Crippen LogP contribution in [-0.4, -0.2) is 40.5 Å². The first-order valence-electron chi connectivity index (χ1n) is 13.4. The Balaban J connectivity index is 2.17. The Kier molecular flexibility index (Phi) is 9.82. The van der Waals surface area contributed by atoms with Crippen LogP contribution in [0.4, 0.5) is 5.69 Å². The molecule has 1 atom stereocenters. The second kappa shape index (κ2) is 13.0. The van der Waals surface area contributed by atoms with Crippen molar-refractivity contribution in [2.75, 3.05) is 11.9 Å². The molecule has 8 heteroatoms. The van der Waals surface area contributed by atoms with Gasteiger partial charge < -0.3 is 20.8 Å². The first-order valence-corrected chi connectivity index (χ1v) is 13.4. The molecule has 0 radical (unpaired) electrons. The maximum atomic E-state index is 13.6. The first-order chi connectivity index (χ1) is 18.6. The van der Waals surface area contributed by atoms with Crippen molar-refractivity contribution in [1.82, 2.24) is 5.32 Å². The molecule has 0 bridgehead atoms. The molecule has 0 fully saturated rings. The fraction of sp³-hybridized carbons (Fsp3) is 0.355. The molecule has 1 unspecified atom stereocenters. The van der Waals surface area contributed by atoms with E-state index < -0.39 is 23.8 Å². The Bertz CT molecular complexity index is 1410. The molecule has 3 aromatic rings. The number of nitrogens with one attached hydrogen (secondary N) is 2. The van der Waals surface area contributed by atoms with Crippen molar-refractivity contribution in [2.24, 2.45) is 5.92 Å². The summed E-state index contributed by atoms with van der Waals surface area (Å²) in [5.41, 5.74) is 1.83. The number of carbonyl (C=O) groups is 4. The molecular weight excluding hydrogens is 496 g/mol. The second-order valence-electron chi connectivity index (χ2n) is 9.72. The van der Waals surface area contributed by atoms with E-state index in [0.717, 1.165) is 42.9 Å². The van der Waals surface area contributed by atoms with Crippen LogP contribution in [0.25, 0.3) is 10.8 Å². The van der Waals surface area contributed by atoms with Crippen LogP contribution in [0.1, 0.15) is 99.0 Å². The Morgan fingerprint density at radius 1 is 0.795 bits per heavy atom. The molecule has 0 saturated carbocycles. The van der Waals surface area contributed by atoms with Crippen LogP contribution in [0, 0.1) is 12.8 Å². The lowest BCUT2D eigenvalue weighted by molar-refractivity contribution is 0.0684. The van der Waals surface area contributed by atoms with Crippen LogP contribution in [0.2, 0.25) is 0 Å². The van der Waals surface area contributed by atoms with E-state index in [1.54, 1.807) is 0 Å². The van der Waals surface area contributed by atoms with Gasteiger partial charge in [-0.3, -0.25) is 9.59 Å². The van der Waals surface area contributed by atoms with E-state index in [2.05, 4.69) is 24.5 Å². The lowest BCUT2D eigenvalue weighted by Gasteiger charge is -2.19. The van der Waals surface area contributed by atoms with Gasteiger partial charge in [0.05, 0.1) is 11.1 Å². The van der Waals surface area contributed by atoms with E-state index in [4.69, 9.17) is 0 Å². The van der Waals surface area contributed by atoms with Crippen molar-refractivity contribution >= 4 is 40.2 Å². The zero-order valence-corrected chi connectivity index (χ0v) is 22.9. The van der Waals surface area contributed by atoms with Gasteiger partial charge in [0.2, 0.25) is 0 Å². The summed E-state index contributed by atoms with van der Waals surface area (Å²) in [6.45, 7) is 8.38. The fourth-order valence-corrected chi connectivity index (χ4v) is 4.89. The lowest BCUT2D eigenvalue weighted by Crippen LogP contribution is -2.30. The predicted octanol–water partition coefficient (Wildman–Crippen LogP) is 6.31.